The maximum Gasteiger partial charge on any atom is 0.265 e. The predicted octanol–water partition coefficient (Wildman–Crippen LogP) is 0.0342. The number of nitrogens with one attached hydrogen (secondary N) is 1. The molecule has 2 rings (SSSR count). The summed E-state index contributed by atoms with van der Waals surface area (Å²) in [4.78, 5) is 27.3. The molecule has 2 aromatic heterocycles. The van der Waals surface area contributed by atoms with Crippen molar-refractivity contribution in [1.82, 2.24) is 9.97 Å². The van der Waals surface area contributed by atoms with E-state index in [1.54, 1.807) is 0 Å². The Morgan fingerprint density at radius 1 is 1.62 bits per heavy atom. The van der Waals surface area contributed by atoms with E-state index in [-0.39, 0.29) is 16.9 Å². The van der Waals surface area contributed by atoms with Crippen LogP contribution >= 0.6 is 0 Å². The van der Waals surface area contributed by atoms with E-state index in [1.165, 1.54) is 0 Å². The van der Waals surface area contributed by atoms with Gasteiger partial charge >= 0.3 is 0 Å². The standard InChI is InChI=1S/C7H4N2O4/c10-1-3-5(11)4-6(12)8-2-9-7(4)13-3/h1-2,11H,(H,8,9,12). The second-order valence-electron chi connectivity index (χ2n) is 2.34. The van der Waals surface area contributed by atoms with Gasteiger partial charge in [0.25, 0.3) is 5.56 Å². The van der Waals surface area contributed by atoms with Gasteiger partial charge in [0.15, 0.2) is 12.0 Å². The zero-order valence-electron chi connectivity index (χ0n) is 6.27. The lowest BCUT2D eigenvalue weighted by Gasteiger charge is -1.84. The summed E-state index contributed by atoms with van der Waals surface area (Å²) in [7, 11) is 0. The monoisotopic (exact) mass is 180 g/mol. The highest BCUT2D eigenvalue weighted by Crippen LogP contribution is 2.25. The first kappa shape index (κ1) is 7.53. The molecule has 0 radical (unpaired) electrons. The number of hydrogen-bond acceptors (Lipinski definition) is 5. The van der Waals surface area contributed by atoms with Gasteiger partial charge in [-0.3, -0.25) is 9.59 Å². The normalized spacial score (nSPS) is 10.5. The van der Waals surface area contributed by atoms with Crippen molar-refractivity contribution in [2.45, 2.75) is 0 Å². The van der Waals surface area contributed by atoms with Crippen LogP contribution in [0, 0.1) is 0 Å². The van der Waals surface area contributed by atoms with Gasteiger partial charge < -0.3 is 14.5 Å². The molecule has 0 saturated carbocycles. The highest BCUT2D eigenvalue weighted by atomic mass is 16.4. The van der Waals surface area contributed by atoms with Crippen molar-refractivity contribution < 1.29 is 14.3 Å². The van der Waals surface area contributed by atoms with Crippen LogP contribution in [0.15, 0.2) is 15.5 Å². The quantitative estimate of drug-likeness (QED) is 0.603. The van der Waals surface area contributed by atoms with E-state index in [9.17, 15) is 14.7 Å². The largest absolute Gasteiger partial charge is 0.503 e. The molecule has 0 aliphatic carbocycles. The molecule has 0 amide bonds. The lowest BCUT2D eigenvalue weighted by atomic mass is 10.3. The first-order valence-corrected chi connectivity index (χ1v) is 3.38. The number of aromatic hydroxyl groups is 1. The molecular formula is C7H4N2O4. The van der Waals surface area contributed by atoms with Crippen molar-refractivity contribution in [3.05, 3.63) is 22.4 Å². The number of aldehydes is 1. The zero-order chi connectivity index (χ0) is 9.42. The van der Waals surface area contributed by atoms with Crippen LogP contribution in [0.25, 0.3) is 11.1 Å². The summed E-state index contributed by atoms with van der Waals surface area (Å²) in [5, 5.41) is 9.18. The second-order valence-corrected chi connectivity index (χ2v) is 2.34. The van der Waals surface area contributed by atoms with Gasteiger partial charge in [-0.2, -0.15) is 0 Å². The van der Waals surface area contributed by atoms with Gasteiger partial charge in [0.1, 0.15) is 5.39 Å². The molecule has 66 valence electrons. The van der Waals surface area contributed by atoms with E-state index in [0.29, 0.717) is 6.29 Å². The number of fused-ring (bicyclic) bond motifs is 1. The number of carbonyl (C=O) groups is 1. The van der Waals surface area contributed by atoms with Crippen LogP contribution in [0.5, 0.6) is 5.75 Å². The molecule has 0 saturated heterocycles. The minimum absolute atomic E-state index is 0.0525. The molecule has 0 fully saturated rings. The molecule has 2 N–H and O–H groups in total. The summed E-state index contributed by atoms with van der Waals surface area (Å²) < 4.78 is 4.78. The number of nitrogens with zero attached hydrogens (tertiary/aromatic N) is 1. The van der Waals surface area contributed by atoms with Gasteiger partial charge in [0.2, 0.25) is 11.5 Å². The SMILES string of the molecule is O=Cc1oc2nc[nH]c(=O)c2c1O. The van der Waals surface area contributed by atoms with E-state index in [4.69, 9.17) is 4.42 Å². The van der Waals surface area contributed by atoms with Crippen molar-refractivity contribution in [3.63, 3.8) is 0 Å². The molecule has 0 atom stereocenters. The molecule has 13 heavy (non-hydrogen) atoms. The Morgan fingerprint density at radius 3 is 3.00 bits per heavy atom. The molecule has 0 aliphatic rings. The smallest absolute Gasteiger partial charge is 0.265 e. The Labute approximate surface area is 70.8 Å². The number of aromatic amines is 1. The molecule has 0 bridgehead atoms. The molecule has 2 aromatic rings. The zero-order valence-corrected chi connectivity index (χ0v) is 6.27. The maximum atomic E-state index is 11.1. The van der Waals surface area contributed by atoms with Crippen molar-refractivity contribution in [1.29, 1.82) is 0 Å². The Balaban J connectivity index is 3.01. The summed E-state index contributed by atoms with van der Waals surface area (Å²) in [5.41, 5.74) is -0.595. The molecule has 0 aliphatic heterocycles. The second kappa shape index (κ2) is 2.44. The molecule has 6 heteroatoms. The molecular weight excluding hydrogens is 176 g/mol. The van der Waals surface area contributed by atoms with Gasteiger partial charge in [-0.1, -0.05) is 0 Å². The molecule has 0 spiro atoms. The first-order chi connectivity index (χ1) is 6.24. The fourth-order valence-corrected chi connectivity index (χ4v) is 1.03. The van der Waals surface area contributed by atoms with Crippen LogP contribution in [0.2, 0.25) is 0 Å². The van der Waals surface area contributed by atoms with Crippen LogP contribution in [0.1, 0.15) is 10.6 Å². The minimum atomic E-state index is -0.542. The fourth-order valence-electron chi connectivity index (χ4n) is 1.03. The molecule has 6 nitrogen and oxygen atoms in total. The maximum absolute atomic E-state index is 11.1. The van der Waals surface area contributed by atoms with Crippen LogP contribution in [0.4, 0.5) is 0 Å². The fraction of sp³-hybridized carbons (Fsp3) is 0. The molecule has 0 aromatic carbocycles. The van der Waals surface area contributed by atoms with Gasteiger partial charge in [-0.25, -0.2) is 4.98 Å². The van der Waals surface area contributed by atoms with Crippen molar-refractivity contribution >= 4 is 17.4 Å². The van der Waals surface area contributed by atoms with Crippen LogP contribution in [0.3, 0.4) is 0 Å². The van der Waals surface area contributed by atoms with Crippen LogP contribution in [-0.2, 0) is 0 Å². The van der Waals surface area contributed by atoms with Gasteiger partial charge in [-0.05, 0) is 0 Å². The summed E-state index contributed by atoms with van der Waals surface area (Å²) in [6, 6.07) is 0. The highest BCUT2D eigenvalue weighted by Gasteiger charge is 2.15. The third-order valence-corrected chi connectivity index (χ3v) is 1.60. The van der Waals surface area contributed by atoms with Gasteiger partial charge in [0.05, 0.1) is 6.33 Å². The highest BCUT2D eigenvalue weighted by molar-refractivity contribution is 5.90. The number of hydrogen-bond donors (Lipinski definition) is 2. The van der Waals surface area contributed by atoms with E-state index in [0.717, 1.165) is 6.33 Å². The Kier molecular flexibility index (Phi) is 1.42. The number of aromatic nitrogens is 2. The lowest BCUT2D eigenvalue weighted by Crippen LogP contribution is -2.04. The van der Waals surface area contributed by atoms with Gasteiger partial charge in [0, 0.05) is 0 Å². The third kappa shape index (κ3) is 0.919. The lowest BCUT2D eigenvalue weighted by molar-refractivity contribution is 0.109. The average Bonchev–Trinajstić information content (AvgIpc) is 2.44. The third-order valence-electron chi connectivity index (χ3n) is 1.60. The first-order valence-electron chi connectivity index (χ1n) is 3.38. The Hall–Kier alpha value is -2.11. The van der Waals surface area contributed by atoms with Gasteiger partial charge in [-0.15, -0.1) is 0 Å². The van der Waals surface area contributed by atoms with E-state index < -0.39 is 11.3 Å². The predicted molar refractivity (Wildman–Crippen MR) is 41.7 cm³/mol. The van der Waals surface area contributed by atoms with E-state index >= 15 is 0 Å². The number of furan rings is 1. The molecule has 0 unspecified atom stereocenters. The number of carbonyl (C=O) groups excluding carboxylic acids is 1. The van der Waals surface area contributed by atoms with Crippen LogP contribution in [-0.4, -0.2) is 21.4 Å². The van der Waals surface area contributed by atoms with Crippen molar-refractivity contribution in [3.8, 4) is 5.75 Å². The summed E-state index contributed by atoms with van der Waals surface area (Å²) in [6.07, 6.45) is 1.44. The van der Waals surface area contributed by atoms with Crippen molar-refractivity contribution in [2.24, 2.45) is 0 Å². The summed E-state index contributed by atoms with van der Waals surface area (Å²) in [5.74, 6) is -0.765. The number of rotatable bonds is 1. The summed E-state index contributed by atoms with van der Waals surface area (Å²) >= 11 is 0. The van der Waals surface area contributed by atoms with E-state index in [1.807, 2.05) is 0 Å². The molecule has 2 heterocycles. The topological polar surface area (TPSA) is 96.2 Å². The number of H-pyrrole nitrogens is 1. The van der Waals surface area contributed by atoms with E-state index in [2.05, 4.69) is 9.97 Å². The summed E-state index contributed by atoms with van der Waals surface area (Å²) in [6.45, 7) is 0. The van der Waals surface area contributed by atoms with Crippen molar-refractivity contribution in [2.75, 3.05) is 0 Å². The Morgan fingerprint density at radius 2 is 2.38 bits per heavy atom. The minimum Gasteiger partial charge on any atom is -0.503 e. The van der Waals surface area contributed by atoms with Crippen LogP contribution < -0.4 is 5.56 Å². The Bertz CT molecular complexity index is 525. The average molecular weight is 180 g/mol.